The summed E-state index contributed by atoms with van der Waals surface area (Å²) in [6, 6.07) is 0. The van der Waals surface area contributed by atoms with E-state index in [4.69, 9.17) is 19.7 Å². The first-order valence-electron chi connectivity index (χ1n) is 14.9. The smallest absolute Gasteiger partial charge is 0.550 e. The number of aliphatic hydroxyl groups excluding tert-OH is 1. The zero-order valence-electron chi connectivity index (χ0n) is 26.8. The largest absolute Gasteiger partial charge is 1.00 e. The van der Waals surface area contributed by atoms with E-state index in [1.54, 1.807) is 19.1 Å². The first-order chi connectivity index (χ1) is 21.5. The van der Waals surface area contributed by atoms with Crippen molar-refractivity contribution in [3.05, 3.63) is 105 Å². The first kappa shape index (κ1) is 33.2. The number of ether oxygens (including phenoxy) is 1. The Hall–Kier alpha value is -4.12. The number of carboxylic acid groups (broad SMARTS) is 1. The molecule has 5 aliphatic heterocycles. The van der Waals surface area contributed by atoms with Gasteiger partial charge in [0.1, 0.15) is 5.92 Å². The van der Waals surface area contributed by atoms with Gasteiger partial charge in [-0.2, -0.15) is 0 Å². The predicted molar refractivity (Wildman–Crippen MR) is 168 cm³/mol. The number of allylic oxidation sites excluding steroid dienone is 11. The molecular weight excluding hydrogens is 595 g/mol. The number of Topliss-reactive ketones (excluding diaryl/α,β-unsaturated/α-hetero) is 1. The van der Waals surface area contributed by atoms with E-state index < -0.39 is 23.6 Å². The summed E-state index contributed by atoms with van der Waals surface area (Å²) in [5, 5.41) is 25.4. The molecule has 2 N–H and O–H groups in total. The Bertz CT molecular complexity index is 1870. The third-order valence-electron chi connectivity index (χ3n) is 9.39. The van der Waals surface area contributed by atoms with Crippen LogP contribution < -0.4 is 40.0 Å². The predicted octanol–water partition coefficient (Wildman–Crippen LogP) is 0.956. The van der Waals surface area contributed by atoms with E-state index in [2.05, 4.69) is 11.9 Å². The Kier molecular flexibility index (Phi) is 9.10. The van der Waals surface area contributed by atoms with Crippen LogP contribution in [-0.4, -0.2) is 47.1 Å². The number of nitrogens with zero attached hydrogens (tertiary/aromatic N) is 3. The van der Waals surface area contributed by atoms with Crippen molar-refractivity contribution in [1.82, 2.24) is 5.32 Å². The fourth-order valence-corrected chi connectivity index (χ4v) is 6.99. The van der Waals surface area contributed by atoms with Crippen LogP contribution in [0, 0.1) is 17.8 Å². The number of fused-ring (bicyclic) bond motifs is 5. The van der Waals surface area contributed by atoms with Gasteiger partial charge in [-0.15, -0.1) is 0 Å². The Morgan fingerprint density at radius 3 is 2.48 bits per heavy atom. The van der Waals surface area contributed by atoms with E-state index >= 15 is 0 Å². The second-order valence-corrected chi connectivity index (χ2v) is 11.7. The summed E-state index contributed by atoms with van der Waals surface area (Å²) < 4.78 is 5.10. The summed E-state index contributed by atoms with van der Waals surface area (Å²) in [6.45, 7) is 11.7. The third kappa shape index (κ3) is 5.09. The molecule has 0 spiro atoms. The standard InChI is InChI=1S/C35H34N4O6.Na/c1-7-18-15(3)22-11-23-16(4)20(9-10-28(41)42)32(38-23)30-31(35(44)45-6)34(43)29-17(5)24(39-33(29)30)12-26-19(8-2)21(14-40)27(37-26)13-25(18)36-22;/h7,11-14,16,20,31,38,40H,1,8-10H2,2-6H3,(H,41,42);/q;+1/p-1/t16-,20-,31+;/m0./s1. The summed E-state index contributed by atoms with van der Waals surface area (Å²) in [4.78, 5) is 53.5. The third-order valence-corrected chi connectivity index (χ3v) is 9.39. The van der Waals surface area contributed by atoms with Crippen molar-refractivity contribution in [1.29, 1.82) is 0 Å². The van der Waals surface area contributed by atoms with E-state index in [1.807, 2.05) is 32.9 Å². The topological polar surface area (TPSA) is 153 Å². The molecule has 6 rings (SSSR count). The summed E-state index contributed by atoms with van der Waals surface area (Å²) >= 11 is 0. The molecule has 1 aliphatic carbocycles. The average molecular weight is 629 g/mol. The molecule has 230 valence electrons. The maximum atomic E-state index is 14.0. The van der Waals surface area contributed by atoms with Gasteiger partial charge in [0.2, 0.25) is 0 Å². The number of aliphatic imine (C=N–C) groups is 3. The normalized spacial score (nSPS) is 25.6. The van der Waals surface area contributed by atoms with Gasteiger partial charge in [0.05, 0.1) is 47.6 Å². The number of aliphatic carboxylic acids is 1. The molecule has 6 aliphatic rings. The molecule has 3 atom stereocenters. The Labute approximate surface area is 289 Å². The number of esters is 1. The van der Waals surface area contributed by atoms with E-state index in [-0.39, 0.29) is 54.2 Å². The molecule has 0 aromatic heterocycles. The molecule has 0 unspecified atom stereocenters. The van der Waals surface area contributed by atoms with Crippen molar-refractivity contribution < 1.29 is 58.9 Å². The van der Waals surface area contributed by atoms with Crippen LogP contribution in [0.4, 0.5) is 0 Å². The number of carbonyl (C=O) groups excluding carboxylic acids is 3. The molecule has 0 aromatic carbocycles. The van der Waals surface area contributed by atoms with Crippen LogP contribution in [0.2, 0.25) is 0 Å². The first-order valence-corrected chi connectivity index (χ1v) is 14.9. The van der Waals surface area contributed by atoms with Crippen molar-refractivity contribution in [2.45, 2.75) is 47.0 Å². The maximum absolute atomic E-state index is 14.0. The molecule has 1 saturated heterocycles. The zero-order chi connectivity index (χ0) is 32.3. The van der Waals surface area contributed by atoms with Crippen LogP contribution in [0.3, 0.4) is 0 Å². The van der Waals surface area contributed by atoms with Crippen molar-refractivity contribution >= 4 is 34.9 Å². The molecule has 0 radical (unpaired) electrons. The number of methoxy groups -OCH3 is 1. The van der Waals surface area contributed by atoms with Gasteiger partial charge >= 0.3 is 35.5 Å². The minimum Gasteiger partial charge on any atom is -0.550 e. The van der Waals surface area contributed by atoms with E-state index in [0.29, 0.717) is 68.6 Å². The molecule has 10 nitrogen and oxygen atoms in total. The van der Waals surface area contributed by atoms with Crippen LogP contribution in [0.5, 0.6) is 0 Å². The van der Waals surface area contributed by atoms with E-state index in [1.165, 1.54) is 7.11 Å². The van der Waals surface area contributed by atoms with E-state index in [0.717, 1.165) is 28.7 Å². The number of hydrogen-bond acceptors (Lipinski definition) is 10. The molecule has 11 heteroatoms. The maximum Gasteiger partial charge on any atom is 1.00 e. The summed E-state index contributed by atoms with van der Waals surface area (Å²) in [7, 11) is 1.23. The van der Waals surface area contributed by atoms with Crippen molar-refractivity contribution in [3.8, 4) is 0 Å². The van der Waals surface area contributed by atoms with Crippen LogP contribution in [0.25, 0.3) is 0 Å². The number of hydrogen-bond donors (Lipinski definition) is 2. The minimum absolute atomic E-state index is 0. The van der Waals surface area contributed by atoms with Crippen molar-refractivity contribution in [2.75, 3.05) is 7.11 Å². The van der Waals surface area contributed by atoms with Crippen LogP contribution >= 0.6 is 0 Å². The van der Waals surface area contributed by atoms with Gasteiger partial charge in [0, 0.05) is 51.5 Å². The molecule has 46 heavy (non-hydrogen) atoms. The SMILES string of the molecule is C=CC1=C(C)C2=NC1=CC1=NC(=C(CC)C1=CO)C=C1N=C3C(=C1C)C(=O)[C@H](C(=O)OC)C3=C1NC(=C2)[C@@H](C)[C@@H]1CCC(=O)[O-].[Na+]. The minimum atomic E-state index is -1.25. The number of rotatable bonds is 6. The van der Waals surface area contributed by atoms with Gasteiger partial charge in [-0.3, -0.25) is 9.59 Å². The number of aliphatic hydroxyl groups is 1. The molecule has 0 aromatic rings. The van der Waals surface area contributed by atoms with E-state index in [9.17, 15) is 24.6 Å². The summed E-state index contributed by atoms with van der Waals surface area (Å²) in [5.74, 6) is -4.19. The van der Waals surface area contributed by atoms with Crippen molar-refractivity contribution in [2.24, 2.45) is 32.7 Å². The molecule has 2 fully saturated rings. The molecule has 1 saturated carbocycles. The van der Waals surface area contributed by atoms with Gasteiger partial charge < -0.3 is 25.1 Å². The number of carbonyl (C=O) groups is 3. The van der Waals surface area contributed by atoms with Gasteiger partial charge in [0.15, 0.2) is 5.78 Å². The second kappa shape index (κ2) is 12.6. The van der Waals surface area contributed by atoms with Gasteiger partial charge in [0.25, 0.3) is 0 Å². The number of nitrogens with one attached hydrogen (secondary N) is 1. The van der Waals surface area contributed by atoms with Gasteiger partial charge in [-0.05, 0) is 68.1 Å². The van der Waals surface area contributed by atoms with Crippen LogP contribution in [0.1, 0.15) is 47.0 Å². The fourth-order valence-electron chi connectivity index (χ4n) is 6.99. The van der Waals surface area contributed by atoms with Gasteiger partial charge in [-0.1, -0.05) is 26.5 Å². The monoisotopic (exact) mass is 628 g/mol. The second-order valence-electron chi connectivity index (χ2n) is 11.7. The van der Waals surface area contributed by atoms with Crippen LogP contribution in [0.15, 0.2) is 120 Å². The van der Waals surface area contributed by atoms with Gasteiger partial charge in [-0.25, -0.2) is 15.0 Å². The Morgan fingerprint density at radius 2 is 1.85 bits per heavy atom. The summed E-state index contributed by atoms with van der Waals surface area (Å²) in [5.41, 5.74) is 8.98. The molecule has 8 bridgehead atoms. The Balaban J connectivity index is 0.00000417. The number of carboxylic acids is 1. The molecular formula is C35H33N4NaO6. The fraction of sp³-hybridized carbons (Fsp3) is 0.314. The number of ketones is 1. The summed E-state index contributed by atoms with van der Waals surface area (Å²) in [6.07, 6.45) is 8.87. The van der Waals surface area contributed by atoms with Crippen LogP contribution in [-0.2, 0) is 19.1 Å². The zero-order valence-corrected chi connectivity index (χ0v) is 28.8. The Morgan fingerprint density at radius 1 is 1.11 bits per heavy atom. The molecule has 0 amide bonds. The average Bonchev–Trinajstić information content (AvgIpc) is 3.76. The molecule has 5 heterocycles. The van der Waals surface area contributed by atoms with Crippen molar-refractivity contribution in [3.63, 3.8) is 0 Å². The quantitative estimate of drug-likeness (QED) is 0.192.